The Morgan fingerprint density at radius 2 is 1.62 bits per heavy atom. The van der Waals surface area contributed by atoms with E-state index in [1.165, 1.54) is 51.4 Å². The van der Waals surface area contributed by atoms with E-state index in [-0.39, 0.29) is 11.3 Å². The van der Waals surface area contributed by atoms with Crippen molar-refractivity contribution in [3.8, 4) is 5.75 Å². The fourth-order valence-electron chi connectivity index (χ4n) is 10.6. The molecule has 4 fully saturated rings. The van der Waals surface area contributed by atoms with Crippen molar-refractivity contribution in [3.05, 3.63) is 42.0 Å². The van der Waals surface area contributed by atoms with Gasteiger partial charge >= 0.3 is 0 Å². The van der Waals surface area contributed by atoms with Crippen molar-refractivity contribution in [2.75, 3.05) is 20.8 Å². The molecule has 0 N–H and O–H groups in total. The first-order valence-electron chi connectivity index (χ1n) is 14.9. The molecule has 0 aromatic heterocycles. The lowest BCUT2D eigenvalue weighted by molar-refractivity contribution is -0.191. The van der Waals surface area contributed by atoms with Crippen LogP contribution in [0.2, 0.25) is 0 Å². The van der Waals surface area contributed by atoms with E-state index in [0.29, 0.717) is 22.5 Å². The second-order valence-corrected chi connectivity index (χ2v) is 13.9. The minimum Gasteiger partial charge on any atom is -0.497 e. The monoisotopic (exact) mass is 502 g/mol. The van der Waals surface area contributed by atoms with E-state index in [1.807, 2.05) is 13.2 Å². The molecule has 3 nitrogen and oxygen atoms in total. The van der Waals surface area contributed by atoms with Crippen LogP contribution in [-0.2, 0) is 4.74 Å². The summed E-state index contributed by atoms with van der Waals surface area (Å²) in [6, 6.07) is 12.4. The number of Topliss-reactive ketones (excluding diaryl/α,β-unsaturated/α-hetero) is 1. The van der Waals surface area contributed by atoms with Gasteiger partial charge < -0.3 is 9.47 Å². The third kappa shape index (κ3) is 3.73. The van der Waals surface area contributed by atoms with Crippen LogP contribution >= 0.6 is 0 Å². The zero-order valence-corrected chi connectivity index (χ0v) is 23.6. The van der Waals surface area contributed by atoms with Gasteiger partial charge in [-0.05, 0) is 120 Å². The Kier molecular flexibility index (Phi) is 6.26. The van der Waals surface area contributed by atoms with Gasteiger partial charge in [0.05, 0.1) is 13.7 Å². The highest BCUT2D eigenvalue weighted by molar-refractivity contribution is 6.02. The molecule has 4 saturated carbocycles. The van der Waals surface area contributed by atoms with Gasteiger partial charge in [-0.1, -0.05) is 45.4 Å². The summed E-state index contributed by atoms with van der Waals surface area (Å²) >= 11 is 0. The zero-order valence-electron chi connectivity index (χ0n) is 23.6. The number of ether oxygens (including phenoxy) is 2. The lowest BCUT2D eigenvalue weighted by atomic mass is 9.39. The van der Waals surface area contributed by atoms with Gasteiger partial charge in [0.2, 0.25) is 0 Å². The highest BCUT2D eigenvalue weighted by Gasteiger charge is 2.66. The molecule has 0 radical (unpaired) electrons. The second-order valence-electron chi connectivity index (χ2n) is 13.9. The maximum Gasteiger partial charge on any atom is 0.166 e. The second kappa shape index (κ2) is 9.11. The van der Waals surface area contributed by atoms with Crippen LogP contribution in [0.25, 0.3) is 10.8 Å². The van der Waals surface area contributed by atoms with Gasteiger partial charge in [-0.3, -0.25) is 4.79 Å². The largest absolute Gasteiger partial charge is 0.497 e. The summed E-state index contributed by atoms with van der Waals surface area (Å²) in [7, 11) is 3.62. The summed E-state index contributed by atoms with van der Waals surface area (Å²) in [5.74, 6) is 4.39. The van der Waals surface area contributed by atoms with Crippen LogP contribution in [0, 0.1) is 45.8 Å². The van der Waals surface area contributed by atoms with Crippen molar-refractivity contribution in [1.29, 1.82) is 0 Å². The highest BCUT2D eigenvalue weighted by atomic mass is 16.5. The van der Waals surface area contributed by atoms with Gasteiger partial charge in [-0.15, -0.1) is 0 Å². The molecule has 0 amide bonds. The Hall–Kier alpha value is -1.87. The topological polar surface area (TPSA) is 35.5 Å². The van der Waals surface area contributed by atoms with Gasteiger partial charge in [0.1, 0.15) is 5.75 Å². The quantitative estimate of drug-likeness (QED) is 0.385. The van der Waals surface area contributed by atoms with E-state index in [1.54, 1.807) is 7.11 Å². The summed E-state index contributed by atoms with van der Waals surface area (Å²) < 4.78 is 11.4. The van der Waals surface area contributed by atoms with Crippen molar-refractivity contribution < 1.29 is 14.3 Å². The van der Waals surface area contributed by atoms with E-state index in [4.69, 9.17) is 9.47 Å². The van der Waals surface area contributed by atoms with Gasteiger partial charge in [0.25, 0.3) is 0 Å². The number of carbonyl (C=O) groups excluding carboxylic acids is 1. The molecule has 200 valence electrons. The van der Waals surface area contributed by atoms with Crippen LogP contribution in [0.1, 0.15) is 88.9 Å². The summed E-state index contributed by atoms with van der Waals surface area (Å²) in [6.07, 6.45) is 11.4. The minimum atomic E-state index is 0.0975. The number of rotatable bonds is 5. The predicted molar refractivity (Wildman–Crippen MR) is 150 cm³/mol. The standard InChI is InChI=1S/C34H46O3/c1-22-12-17-34(21-36-4)26(18-22)13-15-33(3)29-11-10-28(32(29,2)16-14-30(33)34)31(35)25-7-6-24-20-27(37-5)9-8-23(24)19-25/h6-9,19-20,22,26,28-30H,10-18,21H2,1-5H3/t22-,26?,28+,29?,30?,32+,33-,34+/m0/s1. The Labute approximate surface area is 223 Å². The maximum absolute atomic E-state index is 14.1. The van der Waals surface area contributed by atoms with Gasteiger partial charge in [-0.25, -0.2) is 0 Å². The van der Waals surface area contributed by atoms with Crippen molar-refractivity contribution in [1.82, 2.24) is 0 Å². The lowest BCUT2D eigenvalue weighted by Gasteiger charge is -2.66. The first-order chi connectivity index (χ1) is 17.7. The fraction of sp³-hybridized carbons (Fsp3) is 0.676. The van der Waals surface area contributed by atoms with Gasteiger partial charge in [-0.2, -0.15) is 0 Å². The number of methoxy groups -OCH3 is 2. The molecule has 0 aliphatic heterocycles. The number of carbonyl (C=O) groups is 1. The molecule has 0 saturated heterocycles. The molecule has 6 rings (SSSR count). The zero-order chi connectivity index (χ0) is 26.0. The molecular weight excluding hydrogens is 456 g/mol. The molecule has 0 spiro atoms. The van der Waals surface area contributed by atoms with E-state index >= 15 is 0 Å². The van der Waals surface area contributed by atoms with Crippen LogP contribution in [0.3, 0.4) is 0 Å². The summed E-state index contributed by atoms with van der Waals surface area (Å²) in [5, 5.41) is 2.25. The minimum absolute atomic E-state index is 0.0975. The van der Waals surface area contributed by atoms with Crippen LogP contribution in [0.4, 0.5) is 0 Å². The third-order valence-electron chi connectivity index (χ3n) is 12.3. The molecule has 2 aromatic rings. The number of ketones is 1. The van der Waals surface area contributed by atoms with Crippen molar-refractivity contribution in [3.63, 3.8) is 0 Å². The molecule has 2 aromatic carbocycles. The SMILES string of the molecule is COC[C@]12CC[C@H](C)CC1CC[C@]1(C)C2CC[C@@]2(C)C1CC[C@@H]2C(=O)c1ccc2cc(OC)ccc2c1. The van der Waals surface area contributed by atoms with Crippen molar-refractivity contribution in [2.24, 2.45) is 45.8 Å². The molecule has 0 bridgehead atoms. The van der Waals surface area contributed by atoms with Gasteiger partial charge in [0, 0.05) is 18.6 Å². The molecule has 4 aliphatic rings. The van der Waals surface area contributed by atoms with E-state index in [9.17, 15) is 4.79 Å². The summed E-state index contributed by atoms with van der Waals surface area (Å²) in [6.45, 7) is 8.50. The average Bonchev–Trinajstić information content (AvgIpc) is 3.26. The van der Waals surface area contributed by atoms with Crippen molar-refractivity contribution in [2.45, 2.75) is 78.6 Å². The third-order valence-corrected chi connectivity index (χ3v) is 12.3. The van der Waals surface area contributed by atoms with Crippen LogP contribution in [0.15, 0.2) is 36.4 Å². The molecular formula is C34H46O3. The smallest absolute Gasteiger partial charge is 0.166 e. The number of hydrogen-bond acceptors (Lipinski definition) is 3. The molecule has 0 heterocycles. The summed E-state index contributed by atoms with van der Waals surface area (Å²) in [4.78, 5) is 14.1. The summed E-state index contributed by atoms with van der Waals surface area (Å²) in [5.41, 5.74) is 1.65. The van der Waals surface area contributed by atoms with Gasteiger partial charge in [0.15, 0.2) is 5.78 Å². The first-order valence-corrected chi connectivity index (χ1v) is 14.9. The van der Waals surface area contributed by atoms with Crippen molar-refractivity contribution >= 4 is 16.6 Å². The first kappa shape index (κ1) is 25.4. The molecule has 8 atom stereocenters. The Morgan fingerprint density at radius 3 is 2.41 bits per heavy atom. The Morgan fingerprint density at radius 1 is 0.865 bits per heavy atom. The molecule has 3 heteroatoms. The maximum atomic E-state index is 14.1. The molecule has 3 unspecified atom stereocenters. The predicted octanol–water partition coefficient (Wildman–Crippen LogP) is 8.34. The average molecular weight is 503 g/mol. The van der Waals surface area contributed by atoms with E-state index in [2.05, 4.69) is 51.1 Å². The normalized spacial score (nSPS) is 41.1. The van der Waals surface area contributed by atoms with Crippen LogP contribution in [-0.4, -0.2) is 26.6 Å². The fourth-order valence-corrected chi connectivity index (χ4v) is 10.6. The lowest BCUT2D eigenvalue weighted by Crippen LogP contribution is -2.61. The number of hydrogen-bond donors (Lipinski definition) is 0. The Balaban J connectivity index is 1.30. The molecule has 4 aliphatic carbocycles. The molecule has 37 heavy (non-hydrogen) atoms. The van der Waals surface area contributed by atoms with Crippen LogP contribution < -0.4 is 4.74 Å². The highest BCUT2D eigenvalue weighted by Crippen LogP contribution is 2.72. The number of fused-ring (bicyclic) bond motifs is 6. The Bertz CT molecular complexity index is 1190. The van der Waals surface area contributed by atoms with E-state index < -0.39 is 0 Å². The number of benzene rings is 2. The van der Waals surface area contributed by atoms with Crippen LogP contribution in [0.5, 0.6) is 5.75 Å². The van der Waals surface area contributed by atoms with E-state index in [0.717, 1.165) is 52.9 Å².